The summed E-state index contributed by atoms with van der Waals surface area (Å²) in [7, 11) is -4.11. The van der Waals surface area contributed by atoms with Gasteiger partial charge in [0, 0.05) is 18.2 Å². The number of hydrogen-bond donors (Lipinski definition) is 2. The molecule has 0 unspecified atom stereocenters. The monoisotopic (exact) mass is 246 g/mol. The lowest BCUT2D eigenvalue weighted by Gasteiger charge is -2.03. The minimum atomic E-state index is -4.11. The molecular formula is C8H10N2O5S. The summed E-state index contributed by atoms with van der Waals surface area (Å²) in [5.74, 6) is -0.640. The SMILES string of the molecule is O=[N+]([O-])c1ccccc1CNCS(=O)(=O)O. The van der Waals surface area contributed by atoms with E-state index in [9.17, 15) is 18.5 Å². The average Bonchev–Trinajstić information content (AvgIpc) is 2.16. The highest BCUT2D eigenvalue weighted by Gasteiger charge is 2.12. The molecule has 1 aromatic rings. The number of benzene rings is 1. The molecule has 0 saturated heterocycles. The van der Waals surface area contributed by atoms with Crippen molar-refractivity contribution in [3.63, 3.8) is 0 Å². The third-order valence-corrected chi connectivity index (χ3v) is 2.36. The van der Waals surface area contributed by atoms with Crippen LogP contribution in [0.25, 0.3) is 0 Å². The summed E-state index contributed by atoms with van der Waals surface area (Å²) >= 11 is 0. The van der Waals surface area contributed by atoms with Crippen molar-refractivity contribution in [1.82, 2.24) is 5.32 Å². The van der Waals surface area contributed by atoms with Gasteiger partial charge in [-0.3, -0.25) is 20.0 Å². The van der Waals surface area contributed by atoms with Crippen LogP contribution in [0.1, 0.15) is 5.56 Å². The van der Waals surface area contributed by atoms with E-state index < -0.39 is 20.9 Å². The molecule has 0 heterocycles. The van der Waals surface area contributed by atoms with Gasteiger partial charge in [-0.05, 0) is 0 Å². The molecule has 0 aromatic heterocycles. The van der Waals surface area contributed by atoms with Gasteiger partial charge in [-0.2, -0.15) is 8.42 Å². The first-order chi connectivity index (χ1) is 7.40. The van der Waals surface area contributed by atoms with E-state index in [0.717, 1.165) is 0 Å². The van der Waals surface area contributed by atoms with E-state index >= 15 is 0 Å². The molecule has 0 aliphatic carbocycles. The Kier molecular flexibility index (Phi) is 3.93. The fourth-order valence-corrected chi connectivity index (χ4v) is 1.51. The molecule has 1 rings (SSSR count). The molecule has 7 nitrogen and oxygen atoms in total. The van der Waals surface area contributed by atoms with Crippen LogP contribution in [-0.2, 0) is 16.7 Å². The Hall–Kier alpha value is -1.51. The number of rotatable bonds is 5. The van der Waals surface area contributed by atoms with Crippen molar-refractivity contribution in [3.05, 3.63) is 39.9 Å². The van der Waals surface area contributed by atoms with Crippen molar-refractivity contribution in [2.24, 2.45) is 0 Å². The second-order valence-corrected chi connectivity index (χ2v) is 4.49. The Balaban J connectivity index is 2.71. The van der Waals surface area contributed by atoms with Gasteiger partial charge >= 0.3 is 0 Å². The normalized spacial score (nSPS) is 11.3. The topological polar surface area (TPSA) is 110 Å². The molecule has 0 radical (unpaired) electrons. The lowest BCUT2D eigenvalue weighted by Crippen LogP contribution is -2.22. The third-order valence-electron chi connectivity index (χ3n) is 1.79. The van der Waals surface area contributed by atoms with Gasteiger partial charge in [-0.15, -0.1) is 0 Å². The molecule has 2 N–H and O–H groups in total. The second kappa shape index (κ2) is 5.01. The molecule has 0 atom stereocenters. The quantitative estimate of drug-likeness (QED) is 0.445. The first kappa shape index (κ1) is 12.6. The van der Waals surface area contributed by atoms with Gasteiger partial charge in [0.15, 0.2) is 0 Å². The van der Waals surface area contributed by atoms with Crippen molar-refractivity contribution in [3.8, 4) is 0 Å². The summed E-state index contributed by atoms with van der Waals surface area (Å²) in [5.41, 5.74) is 0.265. The molecule has 16 heavy (non-hydrogen) atoms. The zero-order valence-electron chi connectivity index (χ0n) is 8.16. The number of nitrogens with one attached hydrogen (secondary N) is 1. The molecule has 88 valence electrons. The maximum Gasteiger partial charge on any atom is 0.278 e. The number of para-hydroxylation sites is 1. The van der Waals surface area contributed by atoms with E-state index in [1.165, 1.54) is 18.2 Å². The molecule has 8 heteroatoms. The molecule has 1 aromatic carbocycles. The Morgan fingerprint density at radius 2 is 2.00 bits per heavy atom. The van der Waals surface area contributed by atoms with Gasteiger partial charge in [-0.25, -0.2) is 0 Å². The number of hydrogen-bond acceptors (Lipinski definition) is 5. The number of nitro benzene ring substituents is 1. The molecule has 0 spiro atoms. The summed E-state index contributed by atoms with van der Waals surface area (Å²) in [4.78, 5) is 10.0. The highest BCUT2D eigenvalue weighted by Crippen LogP contribution is 2.16. The highest BCUT2D eigenvalue weighted by molar-refractivity contribution is 7.85. The van der Waals surface area contributed by atoms with Gasteiger partial charge in [-0.1, -0.05) is 18.2 Å². The Labute approximate surface area is 92.0 Å². The molecule has 0 aliphatic heterocycles. The van der Waals surface area contributed by atoms with Gasteiger partial charge in [0.1, 0.15) is 5.88 Å². The fraction of sp³-hybridized carbons (Fsp3) is 0.250. The third kappa shape index (κ3) is 3.93. The molecule has 0 aliphatic rings. The van der Waals surface area contributed by atoms with Gasteiger partial charge in [0.2, 0.25) is 0 Å². The van der Waals surface area contributed by atoms with Crippen molar-refractivity contribution in [1.29, 1.82) is 0 Å². The van der Waals surface area contributed by atoms with Crippen LogP contribution in [0, 0.1) is 10.1 Å². The van der Waals surface area contributed by atoms with Crippen LogP contribution in [0.2, 0.25) is 0 Å². The van der Waals surface area contributed by atoms with E-state index in [0.29, 0.717) is 5.56 Å². The van der Waals surface area contributed by atoms with E-state index in [4.69, 9.17) is 4.55 Å². The maximum atomic E-state index is 10.6. The van der Waals surface area contributed by atoms with Crippen LogP contribution in [-0.4, -0.2) is 23.8 Å². The van der Waals surface area contributed by atoms with Crippen LogP contribution in [0.5, 0.6) is 0 Å². The lowest BCUT2D eigenvalue weighted by molar-refractivity contribution is -0.385. The minimum Gasteiger partial charge on any atom is -0.297 e. The van der Waals surface area contributed by atoms with Crippen LogP contribution < -0.4 is 5.32 Å². The zero-order chi connectivity index (χ0) is 12.2. The summed E-state index contributed by atoms with van der Waals surface area (Å²) < 4.78 is 29.2. The van der Waals surface area contributed by atoms with E-state index in [-0.39, 0.29) is 12.2 Å². The molecular weight excluding hydrogens is 236 g/mol. The lowest BCUT2D eigenvalue weighted by atomic mass is 10.2. The predicted octanol–water partition coefficient (Wildman–Crippen LogP) is 0.530. The first-order valence-electron chi connectivity index (χ1n) is 4.28. The minimum absolute atomic E-state index is 0.00303. The van der Waals surface area contributed by atoms with Gasteiger partial charge in [0.05, 0.1) is 4.92 Å². The largest absolute Gasteiger partial charge is 0.297 e. The summed E-state index contributed by atoms with van der Waals surface area (Å²) in [6, 6.07) is 5.96. The van der Waals surface area contributed by atoms with E-state index in [1.807, 2.05) is 0 Å². The van der Waals surface area contributed by atoms with E-state index in [1.54, 1.807) is 6.07 Å². The molecule has 0 amide bonds. The summed E-state index contributed by atoms with van der Waals surface area (Å²) in [5, 5.41) is 13.0. The number of nitrogens with zero attached hydrogens (tertiary/aromatic N) is 1. The molecule has 0 fully saturated rings. The average molecular weight is 246 g/mol. The molecule has 0 saturated carbocycles. The first-order valence-corrected chi connectivity index (χ1v) is 5.89. The maximum absolute atomic E-state index is 10.6. The van der Waals surface area contributed by atoms with Crippen molar-refractivity contribution < 1.29 is 17.9 Å². The van der Waals surface area contributed by atoms with Crippen LogP contribution in [0.4, 0.5) is 5.69 Å². The van der Waals surface area contributed by atoms with Crippen LogP contribution in [0.3, 0.4) is 0 Å². The predicted molar refractivity (Wildman–Crippen MR) is 56.4 cm³/mol. The smallest absolute Gasteiger partial charge is 0.278 e. The van der Waals surface area contributed by atoms with Crippen LogP contribution >= 0.6 is 0 Å². The second-order valence-electron chi connectivity index (χ2n) is 3.04. The standard InChI is InChI=1S/C8H10N2O5S/c11-10(12)8-4-2-1-3-7(8)5-9-6-16(13,14)15/h1-4,9H,5-6H2,(H,13,14,15). The Morgan fingerprint density at radius 1 is 1.38 bits per heavy atom. The van der Waals surface area contributed by atoms with Crippen molar-refractivity contribution >= 4 is 15.8 Å². The highest BCUT2D eigenvalue weighted by atomic mass is 32.2. The van der Waals surface area contributed by atoms with Gasteiger partial charge < -0.3 is 0 Å². The number of nitro groups is 1. The van der Waals surface area contributed by atoms with Crippen molar-refractivity contribution in [2.45, 2.75) is 6.54 Å². The summed E-state index contributed by atoms with van der Waals surface area (Å²) in [6.45, 7) is -0.00303. The van der Waals surface area contributed by atoms with E-state index in [2.05, 4.69) is 5.32 Å². The Bertz CT molecular complexity index is 485. The zero-order valence-corrected chi connectivity index (χ0v) is 8.98. The molecule has 0 bridgehead atoms. The fourth-order valence-electron chi connectivity index (χ4n) is 1.15. The van der Waals surface area contributed by atoms with Crippen molar-refractivity contribution in [2.75, 3.05) is 5.88 Å². The summed E-state index contributed by atoms with van der Waals surface area (Å²) in [6.07, 6.45) is 0. The van der Waals surface area contributed by atoms with Crippen LogP contribution in [0.15, 0.2) is 24.3 Å². The Morgan fingerprint density at radius 3 is 2.56 bits per heavy atom. The van der Waals surface area contributed by atoms with Gasteiger partial charge in [0.25, 0.3) is 15.8 Å².